The van der Waals surface area contributed by atoms with Gasteiger partial charge in [-0.3, -0.25) is 14.6 Å². The van der Waals surface area contributed by atoms with E-state index in [2.05, 4.69) is 11.1 Å². The highest BCUT2D eigenvalue weighted by Gasteiger charge is 2.25. The van der Waals surface area contributed by atoms with Crippen molar-refractivity contribution in [1.29, 1.82) is 0 Å². The first-order chi connectivity index (χ1) is 14.2. The number of aromatic nitrogens is 1. The van der Waals surface area contributed by atoms with E-state index < -0.39 is 0 Å². The molecule has 1 aliphatic heterocycles. The van der Waals surface area contributed by atoms with Gasteiger partial charge in [0.1, 0.15) is 0 Å². The molecule has 0 unspecified atom stereocenters. The fraction of sp³-hybridized carbons (Fsp3) is 0.208. The summed E-state index contributed by atoms with van der Waals surface area (Å²) >= 11 is 0. The number of carbonyl (C=O) groups excluding carboxylic acids is 2. The van der Waals surface area contributed by atoms with Crippen LogP contribution in [0.25, 0.3) is 0 Å². The third kappa shape index (κ3) is 3.76. The number of pyridine rings is 1. The number of aryl methyl sites for hydroxylation is 1. The standard InChI is InChI=1S/C24H23N3O2/c1-2-26(21-11-4-3-5-12-21)23(28)19-15-20(17-25-16-19)24(29)27-14-8-10-18-9-6-7-13-22(18)27/h3-7,9,11-13,15-17H,2,8,10,14H2,1H3. The van der Waals surface area contributed by atoms with Crippen LogP contribution in [0.2, 0.25) is 0 Å². The highest BCUT2D eigenvalue weighted by molar-refractivity contribution is 6.10. The summed E-state index contributed by atoms with van der Waals surface area (Å²) in [5.74, 6) is -0.290. The van der Waals surface area contributed by atoms with Crippen molar-refractivity contribution >= 4 is 23.2 Å². The Morgan fingerprint density at radius 2 is 1.72 bits per heavy atom. The molecule has 4 rings (SSSR count). The Labute approximate surface area is 170 Å². The van der Waals surface area contributed by atoms with E-state index in [9.17, 15) is 9.59 Å². The lowest BCUT2D eigenvalue weighted by atomic mass is 10.0. The third-order valence-corrected chi connectivity index (χ3v) is 5.22. The monoisotopic (exact) mass is 385 g/mol. The zero-order valence-corrected chi connectivity index (χ0v) is 16.4. The summed E-state index contributed by atoms with van der Waals surface area (Å²) < 4.78 is 0. The average Bonchev–Trinajstić information content (AvgIpc) is 2.79. The maximum atomic E-state index is 13.2. The molecule has 5 heteroatoms. The Morgan fingerprint density at radius 3 is 2.52 bits per heavy atom. The van der Waals surface area contributed by atoms with Gasteiger partial charge in [0.15, 0.2) is 0 Å². The van der Waals surface area contributed by atoms with Crippen LogP contribution in [0.5, 0.6) is 0 Å². The molecule has 0 saturated carbocycles. The smallest absolute Gasteiger partial charge is 0.259 e. The third-order valence-electron chi connectivity index (χ3n) is 5.22. The van der Waals surface area contributed by atoms with Crippen LogP contribution in [0.1, 0.15) is 39.6 Å². The zero-order valence-electron chi connectivity index (χ0n) is 16.4. The predicted octanol–water partition coefficient (Wildman–Crippen LogP) is 4.34. The first-order valence-electron chi connectivity index (χ1n) is 9.90. The molecule has 0 fully saturated rings. The molecular formula is C24H23N3O2. The second kappa shape index (κ2) is 8.27. The van der Waals surface area contributed by atoms with E-state index in [-0.39, 0.29) is 11.8 Å². The van der Waals surface area contributed by atoms with Crippen molar-refractivity contribution in [2.75, 3.05) is 22.9 Å². The number of rotatable bonds is 4. The molecule has 0 bridgehead atoms. The molecule has 2 aromatic carbocycles. The first-order valence-corrected chi connectivity index (χ1v) is 9.90. The summed E-state index contributed by atoms with van der Waals surface area (Å²) in [4.78, 5) is 34.0. The SMILES string of the molecule is CCN(C(=O)c1cncc(C(=O)N2CCCc3ccccc32)c1)c1ccccc1. The number of para-hydroxylation sites is 2. The van der Waals surface area contributed by atoms with E-state index in [1.165, 1.54) is 18.0 Å². The summed E-state index contributed by atoms with van der Waals surface area (Å²) in [6.45, 7) is 3.12. The number of hydrogen-bond donors (Lipinski definition) is 0. The number of benzene rings is 2. The molecule has 0 N–H and O–H groups in total. The summed E-state index contributed by atoms with van der Waals surface area (Å²) in [7, 11) is 0. The van der Waals surface area contributed by atoms with Crippen LogP contribution in [-0.2, 0) is 6.42 Å². The summed E-state index contributed by atoms with van der Waals surface area (Å²) in [6.07, 6.45) is 4.95. The number of hydrogen-bond acceptors (Lipinski definition) is 3. The molecule has 3 aromatic rings. The molecule has 1 aliphatic rings. The fourth-order valence-corrected chi connectivity index (χ4v) is 3.78. The van der Waals surface area contributed by atoms with Gasteiger partial charge in [0.25, 0.3) is 11.8 Å². The summed E-state index contributed by atoms with van der Waals surface area (Å²) in [6, 6.07) is 19.1. The molecule has 0 saturated heterocycles. The Balaban J connectivity index is 1.62. The van der Waals surface area contributed by atoms with Crippen LogP contribution >= 0.6 is 0 Å². The molecule has 5 nitrogen and oxygen atoms in total. The van der Waals surface area contributed by atoms with Crippen molar-refractivity contribution in [1.82, 2.24) is 4.98 Å². The van der Waals surface area contributed by atoms with Crippen molar-refractivity contribution in [2.24, 2.45) is 0 Å². The number of nitrogens with zero attached hydrogens (tertiary/aromatic N) is 3. The largest absolute Gasteiger partial charge is 0.309 e. The van der Waals surface area contributed by atoms with Crippen molar-refractivity contribution < 1.29 is 9.59 Å². The normalized spacial score (nSPS) is 12.9. The van der Waals surface area contributed by atoms with Crippen LogP contribution in [0.4, 0.5) is 11.4 Å². The fourth-order valence-electron chi connectivity index (χ4n) is 3.78. The molecule has 0 spiro atoms. The van der Waals surface area contributed by atoms with Gasteiger partial charge >= 0.3 is 0 Å². The zero-order chi connectivity index (χ0) is 20.2. The predicted molar refractivity (Wildman–Crippen MR) is 114 cm³/mol. The minimum absolute atomic E-state index is 0.123. The minimum atomic E-state index is -0.167. The van der Waals surface area contributed by atoms with Crippen molar-refractivity contribution in [3.05, 3.63) is 89.7 Å². The Hall–Kier alpha value is -3.47. The lowest BCUT2D eigenvalue weighted by Gasteiger charge is -2.29. The Bertz CT molecular complexity index is 1030. The van der Waals surface area contributed by atoms with E-state index in [0.717, 1.165) is 24.2 Å². The van der Waals surface area contributed by atoms with E-state index in [4.69, 9.17) is 0 Å². The molecule has 2 amide bonds. The molecule has 29 heavy (non-hydrogen) atoms. The molecule has 2 heterocycles. The van der Waals surface area contributed by atoms with Gasteiger partial charge in [-0.1, -0.05) is 36.4 Å². The van der Waals surface area contributed by atoms with Crippen molar-refractivity contribution in [3.63, 3.8) is 0 Å². The Kier molecular flexibility index (Phi) is 5.38. The maximum absolute atomic E-state index is 13.2. The summed E-state index contributed by atoms with van der Waals surface area (Å²) in [5.41, 5.74) is 3.78. The minimum Gasteiger partial charge on any atom is -0.309 e. The lowest BCUT2D eigenvalue weighted by molar-refractivity contribution is 0.0984. The second-order valence-electron chi connectivity index (χ2n) is 7.04. The molecular weight excluding hydrogens is 362 g/mol. The van der Waals surface area contributed by atoms with Gasteiger partial charge in [-0.05, 0) is 49.6 Å². The lowest BCUT2D eigenvalue weighted by Crippen LogP contribution is -2.36. The topological polar surface area (TPSA) is 53.5 Å². The van der Waals surface area contributed by atoms with Gasteiger partial charge in [-0.2, -0.15) is 0 Å². The van der Waals surface area contributed by atoms with Crippen LogP contribution < -0.4 is 9.80 Å². The highest BCUT2D eigenvalue weighted by atomic mass is 16.2. The van der Waals surface area contributed by atoms with Gasteiger partial charge in [0.2, 0.25) is 0 Å². The van der Waals surface area contributed by atoms with Crippen LogP contribution in [-0.4, -0.2) is 29.9 Å². The van der Waals surface area contributed by atoms with Crippen LogP contribution in [0, 0.1) is 0 Å². The number of fused-ring (bicyclic) bond motifs is 1. The second-order valence-corrected chi connectivity index (χ2v) is 7.04. The van der Waals surface area contributed by atoms with E-state index in [0.29, 0.717) is 24.2 Å². The van der Waals surface area contributed by atoms with E-state index in [1.54, 1.807) is 15.9 Å². The maximum Gasteiger partial charge on any atom is 0.259 e. The van der Waals surface area contributed by atoms with Crippen LogP contribution in [0.3, 0.4) is 0 Å². The quantitative estimate of drug-likeness (QED) is 0.671. The van der Waals surface area contributed by atoms with Crippen molar-refractivity contribution in [2.45, 2.75) is 19.8 Å². The average molecular weight is 385 g/mol. The first kappa shape index (κ1) is 18.9. The van der Waals surface area contributed by atoms with Gasteiger partial charge < -0.3 is 9.80 Å². The molecule has 0 radical (unpaired) electrons. The molecule has 146 valence electrons. The highest BCUT2D eigenvalue weighted by Crippen LogP contribution is 2.28. The van der Waals surface area contributed by atoms with Gasteiger partial charge in [-0.25, -0.2) is 0 Å². The molecule has 1 aromatic heterocycles. The Morgan fingerprint density at radius 1 is 1.00 bits per heavy atom. The number of carbonyl (C=O) groups is 2. The van der Waals surface area contributed by atoms with Crippen LogP contribution in [0.15, 0.2) is 73.1 Å². The molecule has 0 atom stereocenters. The summed E-state index contributed by atoms with van der Waals surface area (Å²) in [5, 5.41) is 0. The van der Waals surface area contributed by atoms with Gasteiger partial charge in [-0.15, -0.1) is 0 Å². The van der Waals surface area contributed by atoms with Crippen molar-refractivity contribution in [3.8, 4) is 0 Å². The van der Waals surface area contributed by atoms with Gasteiger partial charge in [0, 0.05) is 36.9 Å². The van der Waals surface area contributed by atoms with E-state index >= 15 is 0 Å². The van der Waals surface area contributed by atoms with E-state index in [1.807, 2.05) is 55.5 Å². The molecule has 0 aliphatic carbocycles. The number of anilines is 2. The van der Waals surface area contributed by atoms with Gasteiger partial charge in [0.05, 0.1) is 11.1 Å². The number of amides is 2.